The molecule has 0 aliphatic heterocycles. The van der Waals surface area contributed by atoms with E-state index in [-0.39, 0.29) is 17.9 Å². The van der Waals surface area contributed by atoms with Crippen LogP contribution >= 0.6 is 0 Å². The smallest absolute Gasteiger partial charge is 0.322 e. The highest BCUT2D eigenvalue weighted by Crippen LogP contribution is 2.24. The molecule has 1 amide bonds. The lowest BCUT2D eigenvalue weighted by Gasteiger charge is -2.07. The second-order valence-electron chi connectivity index (χ2n) is 5.74. The third kappa shape index (κ3) is 3.66. The van der Waals surface area contributed by atoms with E-state index < -0.39 is 5.91 Å². The quantitative estimate of drug-likeness (QED) is 0.723. The molecule has 1 aromatic carbocycles. The van der Waals surface area contributed by atoms with Crippen molar-refractivity contribution in [1.82, 2.24) is 20.0 Å². The van der Waals surface area contributed by atoms with Gasteiger partial charge in [0, 0.05) is 23.9 Å². The largest absolute Gasteiger partial charge is 0.497 e. The molecule has 9 nitrogen and oxygen atoms in total. The van der Waals surface area contributed by atoms with Crippen molar-refractivity contribution in [2.24, 2.45) is 0 Å². The maximum absolute atomic E-state index is 12.4. The Morgan fingerprint density at radius 2 is 1.85 bits per heavy atom. The molecule has 2 aromatic heterocycles. The second-order valence-corrected chi connectivity index (χ2v) is 5.74. The van der Waals surface area contributed by atoms with Crippen molar-refractivity contribution in [2.75, 3.05) is 19.5 Å². The minimum absolute atomic E-state index is 0.0223. The van der Waals surface area contributed by atoms with E-state index >= 15 is 0 Å². The number of carbonyl (C=O) groups excluding carboxylic acids is 1. The van der Waals surface area contributed by atoms with Crippen LogP contribution in [0.1, 0.15) is 30.2 Å². The van der Waals surface area contributed by atoms with Crippen LogP contribution in [0.4, 0.5) is 6.01 Å². The summed E-state index contributed by atoms with van der Waals surface area (Å²) in [5.41, 5.74) is 0.875. The van der Waals surface area contributed by atoms with Gasteiger partial charge < -0.3 is 13.9 Å². The molecule has 2 heterocycles. The third-order valence-corrected chi connectivity index (χ3v) is 3.62. The zero-order chi connectivity index (χ0) is 18.7. The molecule has 136 valence electrons. The number of benzene rings is 1. The monoisotopic (exact) mass is 357 g/mol. The number of aromatic nitrogens is 4. The van der Waals surface area contributed by atoms with Crippen molar-refractivity contribution in [2.45, 2.75) is 19.9 Å². The van der Waals surface area contributed by atoms with Gasteiger partial charge in [0.05, 0.1) is 14.2 Å². The van der Waals surface area contributed by atoms with Crippen molar-refractivity contribution >= 4 is 11.9 Å². The molecular formula is C17H19N5O4. The van der Waals surface area contributed by atoms with Gasteiger partial charge in [0.2, 0.25) is 0 Å². The molecule has 0 spiro atoms. The number of methoxy groups -OCH3 is 2. The second kappa shape index (κ2) is 7.26. The van der Waals surface area contributed by atoms with E-state index in [0.717, 1.165) is 0 Å². The first-order chi connectivity index (χ1) is 12.5. The molecular weight excluding hydrogens is 338 g/mol. The number of hydrogen-bond donors (Lipinski definition) is 1. The zero-order valence-corrected chi connectivity index (χ0v) is 14.9. The fourth-order valence-electron chi connectivity index (χ4n) is 2.22. The summed E-state index contributed by atoms with van der Waals surface area (Å²) in [5, 5.41) is 14.7. The number of nitrogens with zero attached hydrogens (tertiary/aromatic N) is 4. The number of rotatable bonds is 6. The van der Waals surface area contributed by atoms with Gasteiger partial charge in [0.1, 0.15) is 17.2 Å². The van der Waals surface area contributed by atoms with Crippen molar-refractivity contribution in [3.8, 4) is 23.1 Å². The van der Waals surface area contributed by atoms with Gasteiger partial charge in [-0.2, -0.15) is 5.10 Å². The van der Waals surface area contributed by atoms with Gasteiger partial charge in [-0.1, -0.05) is 5.10 Å². The summed E-state index contributed by atoms with van der Waals surface area (Å²) >= 11 is 0. The molecule has 0 bridgehead atoms. The van der Waals surface area contributed by atoms with Gasteiger partial charge >= 0.3 is 6.01 Å². The number of nitrogens with one attached hydrogen (secondary N) is 1. The van der Waals surface area contributed by atoms with Gasteiger partial charge in [-0.25, -0.2) is 0 Å². The lowest BCUT2D eigenvalue weighted by molar-refractivity contribution is 0.102. The minimum atomic E-state index is -0.426. The molecule has 0 radical (unpaired) electrons. The number of hydrogen-bond acceptors (Lipinski definition) is 7. The van der Waals surface area contributed by atoms with Gasteiger partial charge in [0.15, 0.2) is 0 Å². The molecule has 0 aliphatic carbocycles. The lowest BCUT2D eigenvalue weighted by atomic mass is 10.2. The topological polar surface area (TPSA) is 104 Å². The Morgan fingerprint density at radius 1 is 1.15 bits per heavy atom. The average molecular weight is 357 g/mol. The normalized spacial score (nSPS) is 10.8. The summed E-state index contributed by atoms with van der Waals surface area (Å²) in [6.45, 7) is 4.03. The molecule has 9 heteroatoms. The molecule has 3 aromatic rings. The number of anilines is 1. The average Bonchev–Trinajstić information content (AvgIpc) is 3.30. The fourth-order valence-corrected chi connectivity index (χ4v) is 2.22. The van der Waals surface area contributed by atoms with Crippen LogP contribution in [0.25, 0.3) is 11.6 Å². The van der Waals surface area contributed by atoms with Gasteiger partial charge in [0.25, 0.3) is 11.8 Å². The van der Waals surface area contributed by atoms with Crippen LogP contribution in [-0.4, -0.2) is 40.1 Å². The Hall–Kier alpha value is -3.36. The summed E-state index contributed by atoms with van der Waals surface area (Å²) < 4.78 is 17.6. The lowest BCUT2D eigenvalue weighted by Crippen LogP contribution is -2.12. The number of amides is 1. The predicted octanol–water partition coefficient (Wildman–Crippen LogP) is 2.78. The van der Waals surface area contributed by atoms with Gasteiger partial charge in [-0.05, 0) is 32.0 Å². The van der Waals surface area contributed by atoms with Crippen molar-refractivity contribution < 1.29 is 18.7 Å². The Kier molecular flexibility index (Phi) is 4.87. The standard InChI is InChI=1S/C17H19N5O4/c1-10(2)22-6-5-14(21-22)16-19-20-17(26-16)18-15(23)11-7-12(24-3)9-13(8-11)25-4/h5-10H,1-4H3,(H,18,20,23). The SMILES string of the molecule is COc1cc(OC)cc(C(=O)Nc2nnc(-c3ccn(C(C)C)n3)o2)c1. The predicted molar refractivity (Wildman–Crippen MR) is 93.4 cm³/mol. The van der Waals surface area contributed by atoms with E-state index in [4.69, 9.17) is 13.9 Å². The highest BCUT2D eigenvalue weighted by molar-refractivity contribution is 6.03. The Balaban J connectivity index is 1.77. The van der Waals surface area contributed by atoms with Gasteiger partial charge in [-0.3, -0.25) is 14.8 Å². The van der Waals surface area contributed by atoms with E-state index in [9.17, 15) is 4.79 Å². The molecule has 0 fully saturated rings. The summed E-state index contributed by atoms with van der Waals surface area (Å²) in [6, 6.07) is 6.80. The first-order valence-corrected chi connectivity index (χ1v) is 7.93. The molecule has 1 N–H and O–H groups in total. The van der Waals surface area contributed by atoms with Crippen molar-refractivity contribution in [1.29, 1.82) is 0 Å². The maximum Gasteiger partial charge on any atom is 0.322 e. The highest BCUT2D eigenvalue weighted by Gasteiger charge is 2.16. The molecule has 3 rings (SSSR count). The van der Waals surface area contributed by atoms with Crippen LogP contribution in [0.5, 0.6) is 11.5 Å². The molecule has 0 saturated heterocycles. The minimum Gasteiger partial charge on any atom is -0.497 e. The van der Waals surface area contributed by atoms with Crippen LogP contribution in [0, 0.1) is 0 Å². The van der Waals surface area contributed by atoms with Crippen LogP contribution in [0.3, 0.4) is 0 Å². The van der Waals surface area contributed by atoms with Crippen LogP contribution < -0.4 is 14.8 Å². The van der Waals surface area contributed by atoms with E-state index in [1.165, 1.54) is 14.2 Å². The third-order valence-electron chi connectivity index (χ3n) is 3.62. The van der Waals surface area contributed by atoms with E-state index in [2.05, 4.69) is 20.6 Å². The Bertz CT molecular complexity index is 893. The van der Waals surface area contributed by atoms with Crippen molar-refractivity contribution in [3.63, 3.8) is 0 Å². The summed E-state index contributed by atoms with van der Waals surface area (Å²) in [4.78, 5) is 12.4. The van der Waals surface area contributed by atoms with Crippen LogP contribution in [0.2, 0.25) is 0 Å². The van der Waals surface area contributed by atoms with Gasteiger partial charge in [-0.15, -0.1) is 5.10 Å². The number of carbonyl (C=O) groups is 1. The van der Waals surface area contributed by atoms with Crippen LogP contribution in [0.15, 0.2) is 34.9 Å². The zero-order valence-electron chi connectivity index (χ0n) is 14.9. The maximum atomic E-state index is 12.4. The van der Waals surface area contributed by atoms with E-state index in [1.807, 2.05) is 20.0 Å². The number of ether oxygens (including phenoxy) is 2. The molecule has 0 saturated carbocycles. The summed E-state index contributed by atoms with van der Waals surface area (Å²) in [7, 11) is 3.02. The fraction of sp³-hybridized carbons (Fsp3) is 0.294. The van der Waals surface area contributed by atoms with Crippen LogP contribution in [-0.2, 0) is 0 Å². The first kappa shape index (κ1) is 17.5. The van der Waals surface area contributed by atoms with Crippen molar-refractivity contribution in [3.05, 3.63) is 36.0 Å². The summed E-state index contributed by atoms with van der Waals surface area (Å²) in [5.74, 6) is 0.799. The summed E-state index contributed by atoms with van der Waals surface area (Å²) in [6.07, 6.45) is 1.82. The van der Waals surface area contributed by atoms with E-state index in [0.29, 0.717) is 22.8 Å². The van der Waals surface area contributed by atoms with E-state index in [1.54, 1.807) is 28.9 Å². The molecule has 26 heavy (non-hydrogen) atoms. The molecule has 0 aliphatic rings. The molecule has 0 unspecified atom stereocenters. The molecule has 0 atom stereocenters. The first-order valence-electron chi connectivity index (χ1n) is 7.93. The Labute approximate surface area is 149 Å². The highest BCUT2D eigenvalue weighted by atomic mass is 16.5. The Morgan fingerprint density at radius 3 is 2.42 bits per heavy atom.